The zero-order valence-electron chi connectivity index (χ0n) is 21.7. The molecule has 0 aliphatic heterocycles. The predicted octanol–water partition coefficient (Wildman–Crippen LogP) is 8.93. The molecule has 2 aliphatic rings. The maximum absolute atomic E-state index is 12.1. The first-order chi connectivity index (χ1) is 15.6. The fourth-order valence-corrected chi connectivity index (χ4v) is 6.64. The van der Waals surface area contributed by atoms with Crippen LogP contribution in [0.15, 0.2) is 53.6 Å². The summed E-state index contributed by atoms with van der Waals surface area (Å²) in [7, 11) is 0. The Labute approximate surface area is 202 Å². The van der Waals surface area contributed by atoms with Gasteiger partial charge in [-0.25, -0.2) is 4.79 Å². The van der Waals surface area contributed by atoms with Gasteiger partial charge < -0.3 is 4.74 Å². The fraction of sp³-hybridized carbons (Fsp3) is 0.633. The van der Waals surface area contributed by atoms with Gasteiger partial charge in [-0.05, 0) is 101 Å². The van der Waals surface area contributed by atoms with Crippen molar-refractivity contribution in [2.24, 2.45) is 22.7 Å². The summed E-state index contributed by atoms with van der Waals surface area (Å²) < 4.78 is 5.51. The van der Waals surface area contributed by atoms with Crippen LogP contribution in [0.5, 0.6) is 0 Å². The Kier molecular flexibility index (Phi) is 8.48. The number of carbonyl (C=O) groups excluding carboxylic acids is 1. The van der Waals surface area contributed by atoms with Crippen LogP contribution >= 0.6 is 0 Å². The summed E-state index contributed by atoms with van der Waals surface area (Å²) in [6.45, 7) is 14.2. The summed E-state index contributed by atoms with van der Waals surface area (Å²) in [4.78, 5) is 12.1. The van der Waals surface area contributed by atoms with Crippen molar-refractivity contribution in [3.8, 4) is 0 Å². The van der Waals surface area contributed by atoms with Crippen LogP contribution in [-0.4, -0.2) is 12.2 Å². The van der Waals surface area contributed by atoms with Crippen molar-refractivity contribution in [1.82, 2.24) is 0 Å². The highest BCUT2D eigenvalue weighted by molar-refractivity contribution is 5.84. The van der Waals surface area contributed by atoms with Crippen LogP contribution in [0.3, 0.4) is 0 Å². The second-order valence-corrected chi connectivity index (χ2v) is 11.5. The number of carbonyl (C=O) groups is 1. The third kappa shape index (κ3) is 6.52. The van der Waals surface area contributed by atoms with Crippen LogP contribution in [0.25, 0.3) is 0 Å². The van der Waals surface area contributed by atoms with Crippen LogP contribution in [0.1, 0.15) is 92.9 Å². The minimum atomic E-state index is -0.382. The van der Waals surface area contributed by atoms with Gasteiger partial charge in [-0.15, -0.1) is 0 Å². The first-order valence-electron chi connectivity index (χ1n) is 13.0. The van der Waals surface area contributed by atoms with Gasteiger partial charge in [-0.3, -0.25) is 5.32 Å². The second kappa shape index (κ2) is 10.9. The average Bonchev–Trinajstić information content (AvgIpc) is 2.73. The zero-order valence-corrected chi connectivity index (χ0v) is 21.7. The molecule has 0 unspecified atom stereocenters. The zero-order chi connectivity index (χ0) is 24.1. The highest BCUT2D eigenvalue weighted by atomic mass is 16.6. The standard InChI is InChI=1S/C30H45NO2/c1-22(12-10-13-24(3)33-28(32)31-25-14-8-7-9-15-25)16-18-26-23(2)17-19-27-29(4,5)20-11-21-30(26,27)6/h7-9,12,14-15,17,24,26-27H,10-11,13,16,18-21H2,1-6H3,(H,31,32)/t24-,26-,27+,30-/m1/s1. The molecule has 4 atom stereocenters. The fourth-order valence-electron chi connectivity index (χ4n) is 6.64. The molecule has 182 valence electrons. The second-order valence-electron chi connectivity index (χ2n) is 11.5. The van der Waals surface area contributed by atoms with Crippen LogP contribution < -0.4 is 5.32 Å². The van der Waals surface area contributed by atoms with Gasteiger partial charge in [-0.1, -0.05) is 68.7 Å². The van der Waals surface area contributed by atoms with E-state index in [2.05, 4.69) is 52.1 Å². The molecule has 3 nitrogen and oxygen atoms in total. The molecule has 33 heavy (non-hydrogen) atoms. The largest absolute Gasteiger partial charge is 0.446 e. The van der Waals surface area contributed by atoms with E-state index in [0.29, 0.717) is 16.7 Å². The normalized spacial score (nSPS) is 27.8. The van der Waals surface area contributed by atoms with E-state index in [-0.39, 0.29) is 12.2 Å². The molecule has 0 aromatic heterocycles. The molecular formula is C30H45NO2. The molecule has 0 radical (unpaired) electrons. The van der Waals surface area contributed by atoms with Crippen molar-refractivity contribution in [3.63, 3.8) is 0 Å². The molecule has 1 aromatic rings. The van der Waals surface area contributed by atoms with Gasteiger partial charge in [0.2, 0.25) is 0 Å². The van der Waals surface area contributed by atoms with E-state index in [1.54, 1.807) is 5.57 Å². The first kappa shape index (κ1) is 25.6. The summed E-state index contributed by atoms with van der Waals surface area (Å²) in [5, 5.41) is 2.78. The van der Waals surface area contributed by atoms with Gasteiger partial charge in [-0.2, -0.15) is 0 Å². The number of ether oxygens (including phenoxy) is 1. The number of amides is 1. The quantitative estimate of drug-likeness (QED) is 0.401. The molecule has 3 rings (SSSR count). The van der Waals surface area contributed by atoms with E-state index in [1.807, 2.05) is 37.3 Å². The molecule has 0 heterocycles. The third-order valence-corrected chi connectivity index (χ3v) is 8.52. The molecule has 3 heteroatoms. The van der Waals surface area contributed by atoms with Crippen molar-refractivity contribution in [3.05, 3.63) is 53.6 Å². The van der Waals surface area contributed by atoms with Crippen molar-refractivity contribution in [2.75, 3.05) is 5.32 Å². The summed E-state index contributed by atoms with van der Waals surface area (Å²) >= 11 is 0. The van der Waals surface area contributed by atoms with E-state index in [4.69, 9.17) is 4.74 Å². The number of anilines is 1. The van der Waals surface area contributed by atoms with E-state index < -0.39 is 0 Å². The summed E-state index contributed by atoms with van der Waals surface area (Å²) in [6, 6.07) is 9.43. The van der Waals surface area contributed by atoms with Gasteiger partial charge in [0.1, 0.15) is 6.10 Å². The lowest BCUT2D eigenvalue weighted by Crippen LogP contribution is -2.48. The molecule has 1 amide bonds. The van der Waals surface area contributed by atoms with Gasteiger partial charge in [0.05, 0.1) is 0 Å². The smallest absolute Gasteiger partial charge is 0.411 e. The van der Waals surface area contributed by atoms with Gasteiger partial charge in [0, 0.05) is 5.69 Å². The minimum absolute atomic E-state index is 0.106. The Morgan fingerprint density at radius 1 is 1.21 bits per heavy atom. The molecule has 0 bridgehead atoms. The lowest BCUT2D eigenvalue weighted by molar-refractivity contribution is -0.0390. The number of nitrogens with one attached hydrogen (secondary N) is 1. The summed E-state index contributed by atoms with van der Waals surface area (Å²) in [6.07, 6.45) is 14.0. The van der Waals surface area contributed by atoms with Gasteiger partial charge in [0.25, 0.3) is 0 Å². The molecule has 1 N–H and O–H groups in total. The first-order valence-corrected chi connectivity index (χ1v) is 13.0. The minimum Gasteiger partial charge on any atom is -0.446 e. The van der Waals surface area contributed by atoms with Gasteiger partial charge >= 0.3 is 6.09 Å². The molecule has 1 aromatic carbocycles. The van der Waals surface area contributed by atoms with Crippen LogP contribution in [0, 0.1) is 22.7 Å². The highest BCUT2D eigenvalue weighted by Crippen LogP contribution is 2.60. The SMILES string of the molecule is CC(=CCC[C@@H](C)OC(=O)Nc1ccccc1)CC[C@@H]1C(C)=CC[C@H]2C(C)(C)CCC[C@]12C. The van der Waals surface area contributed by atoms with E-state index in [9.17, 15) is 4.79 Å². The van der Waals surface area contributed by atoms with Crippen molar-refractivity contribution in [2.45, 2.75) is 99.0 Å². The highest BCUT2D eigenvalue weighted by Gasteiger charge is 2.51. The molecule has 0 saturated heterocycles. The monoisotopic (exact) mass is 451 g/mol. The van der Waals surface area contributed by atoms with Gasteiger partial charge in [0.15, 0.2) is 0 Å². The lowest BCUT2D eigenvalue weighted by Gasteiger charge is -2.57. The topological polar surface area (TPSA) is 38.3 Å². The molecule has 2 aliphatic carbocycles. The molecule has 1 fully saturated rings. The number of hydrogen-bond donors (Lipinski definition) is 1. The lowest BCUT2D eigenvalue weighted by atomic mass is 9.48. The molecular weight excluding hydrogens is 406 g/mol. The average molecular weight is 452 g/mol. The number of benzene rings is 1. The maximum atomic E-state index is 12.1. The predicted molar refractivity (Wildman–Crippen MR) is 139 cm³/mol. The number of allylic oxidation sites excluding steroid dienone is 4. The Morgan fingerprint density at radius 3 is 2.67 bits per heavy atom. The third-order valence-electron chi connectivity index (χ3n) is 8.52. The summed E-state index contributed by atoms with van der Waals surface area (Å²) in [5.74, 6) is 1.50. The van der Waals surface area contributed by atoms with E-state index >= 15 is 0 Å². The Balaban J connectivity index is 1.46. The Morgan fingerprint density at radius 2 is 1.94 bits per heavy atom. The van der Waals surface area contributed by atoms with Crippen molar-refractivity contribution < 1.29 is 9.53 Å². The number of rotatable bonds is 8. The number of hydrogen-bond acceptors (Lipinski definition) is 2. The number of para-hydroxylation sites is 1. The Bertz CT molecular complexity index is 853. The van der Waals surface area contributed by atoms with Crippen LogP contribution in [0.4, 0.5) is 10.5 Å². The Hall–Kier alpha value is -2.03. The van der Waals surface area contributed by atoms with Crippen molar-refractivity contribution in [1.29, 1.82) is 0 Å². The van der Waals surface area contributed by atoms with Crippen LogP contribution in [-0.2, 0) is 4.74 Å². The molecule has 1 saturated carbocycles. The van der Waals surface area contributed by atoms with E-state index in [0.717, 1.165) is 30.9 Å². The molecule has 0 spiro atoms. The van der Waals surface area contributed by atoms with Crippen LogP contribution in [0.2, 0.25) is 0 Å². The number of fused-ring (bicyclic) bond motifs is 1. The maximum Gasteiger partial charge on any atom is 0.411 e. The van der Waals surface area contributed by atoms with Crippen molar-refractivity contribution >= 4 is 11.8 Å². The van der Waals surface area contributed by atoms with E-state index in [1.165, 1.54) is 37.7 Å². The summed E-state index contributed by atoms with van der Waals surface area (Å²) in [5.41, 5.74) is 4.73.